The van der Waals surface area contributed by atoms with Crippen LogP contribution in [0.4, 0.5) is 17.3 Å². The highest BCUT2D eigenvalue weighted by molar-refractivity contribution is 5.92. The van der Waals surface area contributed by atoms with E-state index in [2.05, 4.69) is 39.2 Å². The largest absolute Gasteiger partial charge is 0.494 e. The van der Waals surface area contributed by atoms with Gasteiger partial charge in [0.25, 0.3) is 5.56 Å². The van der Waals surface area contributed by atoms with E-state index in [0.29, 0.717) is 22.6 Å². The van der Waals surface area contributed by atoms with Gasteiger partial charge in [-0.1, -0.05) is 25.1 Å². The minimum absolute atomic E-state index is 0.0833. The number of para-hydroxylation sites is 1. The van der Waals surface area contributed by atoms with E-state index in [1.165, 1.54) is 0 Å². The lowest BCUT2D eigenvalue weighted by molar-refractivity contribution is 0.271. The van der Waals surface area contributed by atoms with Gasteiger partial charge in [0.2, 0.25) is 5.95 Å². The zero-order valence-corrected chi connectivity index (χ0v) is 20.7. The van der Waals surface area contributed by atoms with E-state index < -0.39 is 0 Å². The minimum Gasteiger partial charge on any atom is -0.494 e. The van der Waals surface area contributed by atoms with Crippen LogP contribution in [-0.4, -0.2) is 63.7 Å². The first-order valence-corrected chi connectivity index (χ1v) is 12.3. The summed E-state index contributed by atoms with van der Waals surface area (Å²) in [6.45, 7) is 7.42. The summed E-state index contributed by atoms with van der Waals surface area (Å²) in [7, 11) is 3.42. The maximum Gasteiger partial charge on any atom is 0.275 e. The number of anilines is 3. The molecule has 184 valence electrons. The van der Waals surface area contributed by atoms with Crippen LogP contribution in [-0.2, 0) is 7.05 Å². The van der Waals surface area contributed by atoms with Crippen molar-refractivity contribution in [1.82, 2.24) is 23.8 Å². The number of piperazine rings is 1. The first kappa shape index (κ1) is 22.4. The molecule has 1 saturated heterocycles. The molecule has 5 aromatic rings. The van der Waals surface area contributed by atoms with Crippen LogP contribution in [0.5, 0.6) is 5.75 Å². The number of ether oxygens (including phenoxy) is 1. The Balaban J connectivity index is 1.39. The first-order valence-electron chi connectivity index (χ1n) is 12.3. The van der Waals surface area contributed by atoms with Gasteiger partial charge in [-0.2, -0.15) is 4.98 Å². The molecular formula is C27H29N7O2. The number of nitrogens with one attached hydrogen (secondary N) is 1. The van der Waals surface area contributed by atoms with Crippen molar-refractivity contribution >= 4 is 44.9 Å². The number of rotatable bonds is 5. The molecule has 1 aliphatic heterocycles. The number of methoxy groups -OCH3 is 1. The number of nitrogens with zero attached hydrogens (tertiary/aromatic N) is 6. The monoisotopic (exact) mass is 483 g/mol. The third kappa shape index (κ3) is 3.63. The highest BCUT2D eigenvalue weighted by Crippen LogP contribution is 2.32. The molecule has 0 unspecified atom stereocenters. The van der Waals surface area contributed by atoms with E-state index in [4.69, 9.17) is 9.72 Å². The molecule has 1 fully saturated rings. The number of aryl methyl sites for hydroxylation is 1. The highest BCUT2D eigenvalue weighted by atomic mass is 16.5. The summed E-state index contributed by atoms with van der Waals surface area (Å²) in [6.07, 6.45) is 1.69. The van der Waals surface area contributed by atoms with Gasteiger partial charge in [-0.25, -0.2) is 4.98 Å². The van der Waals surface area contributed by atoms with Gasteiger partial charge in [0.15, 0.2) is 5.65 Å². The lowest BCUT2D eigenvalue weighted by Crippen LogP contribution is -2.46. The Hall–Kier alpha value is -4.11. The van der Waals surface area contributed by atoms with Crippen LogP contribution in [0.25, 0.3) is 27.6 Å². The molecule has 0 saturated carbocycles. The van der Waals surface area contributed by atoms with E-state index >= 15 is 0 Å². The first-order chi connectivity index (χ1) is 17.6. The summed E-state index contributed by atoms with van der Waals surface area (Å²) in [6, 6.07) is 16.0. The quantitative estimate of drug-likeness (QED) is 0.409. The Kier molecular flexibility index (Phi) is 5.49. The van der Waals surface area contributed by atoms with Crippen molar-refractivity contribution in [2.24, 2.45) is 7.05 Å². The number of fused-ring (bicyclic) bond motifs is 5. The Bertz CT molecular complexity index is 1650. The summed E-state index contributed by atoms with van der Waals surface area (Å²) in [5, 5.41) is 4.32. The molecule has 0 atom stereocenters. The van der Waals surface area contributed by atoms with E-state index in [0.717, 1.165) is 60.8 Å². The van der Waals surface area contributed by atoms with Crippen LogP contribution in [0, 0.1) is 0 Å². The molecule has 2 aromatic carbocycles. The number of hydrogen-bond acceptors (Lipinski definition) is 7. The Morgan fingerprint density at radius 1 is 1.00 bits per heavy atom. The average molecular weight is 484 g/mol. The van der Waals surface area contributed by atoms with Gasteiger partial charge in [0.1, 0.15) is 16.8 Å². The van der Waals surface area contributed by atoms with Crippen molar-refractivity contribution in [1.29, 1.82) is 0 Å². The maximum atomic E-state index is 13.0. The van der Waals surface area contributed by atoms with Gasteiger partial charge in [-0.15, -0.1) is 0 Å². The van der Waals surface area contributed by atoms with Gasteiger partial charge >= 0.3 is 0 Å². The van der Waals surface area contributed by atoms with Crippen LogP contribution in [0.1, 0.15) is 6.92 Å². The van der Waals surface area contributed by atoms with Gasteiger partial charge in [0.05, 0.1) is 24.5 Å². The fourth-order valence-electron chi connectivity index (χ4n) is 5.07. The number of likely N-dealkylation sites (N-methyl/N-ethyl adjacent to an activating group) is 1. The summed E-state index contributed by atoms with van der Waals surface area (Å²) < 4.78 is 9.23. The molecule has 0 aliphatic carbocycles. The zero-order valence-electron chi connectivity index (χ0n) is 20.7. The predicted molar refractivity (Wildman–Crippen MR) is 144 cm³/mol. The van der Waals surface area contributed by atoms with Crippen molar-refractivity contribution in [3.05, 3.63) is 65.1 Å². The topological polar surface area (TPSA) is 79.9 Å². The Morgan fingerprint density at radius 3 is 2.58 bits per heavy atom. The molecule has 9 heteroatoms. The van der Waals surface area contributed by atoms with E-state index in [-0.39, 0.29) is 5.56 Å². The molecular weight excluding hydrogens is 454 g/mol. The number of benzene rings is 2. The smallest absolute Gasteiger partial charge is 0.275 e. The second-order valence-corrected chi connectivity index (χ2v) is 9.12. The molecule has 6 rings (SSSR count). The van der Waals surface area contributed by atoms with E-state index in [9.17, 15) is 4.79 Å². The van der Waals surface area contributed by atoms with Crippen LogP contribution in [0.2, 0.25) is 0 Å². The van der Waals surface area contributed by atoms with Gasteiger partial charge in [0, 0.05) is 50.4 Å². The van der Waals surface area contributed by atoms with Gasteiger partial charge in [-0.05, 0) is 30.8 Å². The number of hydrogen-bond donors (Lipinski definition) is 1. The SMILES string of the molecule is CCN1CCN(c2ccc(Nc3ncc4c(n3)n3c(cc5ccccc53)c(=O)n4C)c(OC)c2)CC1. The van der Waals surface area contributed by atoms with Gasteiger partial charge < -0.3 is 24.4 Å². The summed E-state index contributed by atoms with van der Waals surface area (Å²) >= 11 is 0. The van der Waals surface area contributed by atoms with Crippen LogP contribution in [0.15, 0.2) is 59.5 Å². The summed E-state index contributed by atoms with van der Waals surface area (Å²) in [4.78, 5) is 27.2. The van der Waals surface area contributed by atoms with Crippen molar-refractivity contribution in [3.8, 4) is 5.75 Å². The molecule has 1 aliphatic rings. The third-order valence-electron chi connectivity index (χ3n) is 7.17. The van der Waals surface area contributed by atoms with Gasteiger partial charge in [-0.3, -0.25) is 9.20 Å². The minimum atomic E-state index is -0.0833. The fraction of sp³-hybridized carbons (Fsp3) is 0.296. The summed E-state index contributed by atoms with van der Waals surface area (Å²) in [5.41, 5.74) is 4.68. The second kappa shape index (κ2) is 8.83. The normalized spacial score (nSPS) is 14.7. The maximum absolute atomic E-state index is 13.0. The molecule has 0 bridgehead atoms. The fourth-order valence-corrected chi connectivity index (χ4v) is 5.07. The second-order valence-electron chi connectivity index (χ2n) is 9.12. The van der Waals surface area contributed by atoms with Crippen molar-refractivity contribution in [2.45, 2.75) is 6.92 Å². The van der Waals surface area contributed by atoms with E-state index in [1.54, 1.807) is 24.9 Å². The molecule has 0 spiro atoms. The zero-order chi connectivity index (χ0) is 24.8. The van der Waals surface area contributed by atoms with Crippen molar-refractivity contribution in [3.63, 3.8) is 0 Å². The lowest BCUT2D eigenvalue weighted by Gasteiger charge is -2.35. The number of aromatic nitrogens is 4. The molecule has 4 heterocycles. The third-order valence-corrected chi connectivity index (χ3v) is 7.17. The lowest BCUT2D eigenvalue weighted by atomic mass is 10.2. The molecule has 0 radical (unpaired) electrons. The van der Waals surface area contributed by atoms with Crippen molar-refractivity contribution in [2.75, 3.05) is 50.1 Å². The molecule has 36 heavy (non-hydrogen) atoms. The van der Waals surface area contributed by atoms with Crippen LogP contribution >= 0.6 is 0 Å². The predicted octanol–water partition coefficient (Wildman–Crippen LogP) is 3.63. The standard InChI is InChI=1S/C27H29N7O2/c1-4-32-11-13-33(14-12-32)19-9-10-20(24(16-19)36-3)29-27-28-17-23-25(30-27)34-21-8-6-5-7-18(21)15-22(34)26(35)31(23)2/h5-10,15-17H,4,11-14H2,1-3H3,(H,28,29,30). The van der Waals surface area contributed by atoms with E-state index in [1.807, 2.05) is 40.8 Å². The average Bonchev–Trinajstić information content (AvgIpc) is 3.32. The summed E-state index contributed by atoms with van der Waals surface area (Å²) in [5.74, 6) is 1.16. The highest BCUT2D eigenvalue weighted by Gasteiger charge is 2.18. The molecule has 3 aromatic heterocycles. The molecule has 0 amide bonds. The molecule has 1 N–H and O–H groups in total. The Morgan fingerprint density at radius 2 is 1.81 bits per heavy atom. The van der Waals surface area contributed by atoms with Crippen molar-refractivity contribution < 1.29 is 4.74 Å². The van der Waals surface area contributed by atoms with Crippen LogP contribution < -0.4 is 20.5 Å². The Labute approximate surface area is 208 Å². The van der Waals surface area contributed by atoms with Crippen LogP contribution in [0.3, 0.4) is 0 Å². The molecule has 9 nitrogen and oxygen atoms in total.